The second-order valence-electron chi connectivity index (χ2n) is 4.17. The van der Waals surface area contributed by atoms with E-state index < -0.39 is 0 Å². The van der Waals surface area contributed by atoms with Gasteiger partial charge in [-0.25, -0.2) is 0 Å². The average Bonchev–Trinajstić information content (AvgIpc) is 2.66. The van der Waals surface area contributed by atoms with Gasteiger partial charge in [0.2, 0.25) is 0 Å². The van der Waals surface area contributed by atoms with Crippen LogP contribution in [0.4, 0.5) is 0 Å². The van der Waals surface area contributed by atoms with Gasteiger partial charge in [0.1, 0.15) is 5.92 Å². The van der Waals surface area contributed by atoms with Gasteiger partial charge in [-0.2, -0.15) is 0 Å². The Morgan fingerprint density at radius 3 is 2.81 bits per heavy atom. The number of rotatable bonds is 2. The molecule has 0 aromatic carbocycles. The molecule has 1 aromatic heterocycles. The number of fused-ring (bicyclic) bond motifs is 1. The molecule has 0 amide bonds. The van der Waals surface area contributed by atoms with E-state index in [2.05, 4.69) is 18.8 Å². The summed E-state index contributed by atoms with van der Waals surface area (Å²) in [6, 6.07) is 0. The third-order valence-corrected chi connectivity index (χ3v) is 4.50. The maximum Gasteiger partial charge on any atom is 0.316 e. The van der Waals surface area contributed by atoms with Gasteiger partial charge in [0.15, 0.2) is 0 Å². The van der Waals surface area contributed by atoms with E-state index in [1.165, 1.54) is 10.5 Å². The van der Waals surface area contributed by atoms with Gasteiger partial charge in [-0.05, 0) is 26.3 Å². The number of hydrogen-bond donors (Lipinski definition) is 1. The van der Waals surface area contributed by atoms with Crippen molar-refractivity contribution in [1.82, 2.24) is 4.98 Å². The lowest BCUT2D eigenvalue weighted by molar-refractivity contribution is -0.144. The first-order valence-corrected chi connectivity index (χ1v) is 6.46. The maximum absolute atomic E-state index is 11.9. The van der Waals surface area contributed by atoms with Gasteiger partial charge in [-0.3, -0.25) is 4.79 Å². The van der Waals surface area contributed by atoms with E-state index in [1.54, 1.807) is 11.8 Å². The number of carbonyl (C=O) groups excluding carboxylic acids is 1. The summed E-state index contributed by atoms with van der Waals surface area (Å²) in [5, 5.41) is 0.264. The Balaban J connectivity index is 2.35. The molecule has 0 radical (unpaired) electrons. The van der Waals surface area contributed by atoms with Crippen LogP contribution in [-0.2, 0) is 9.53 Å². The summed E-state index contributed by atoms with van der Waals surface area (Å²) in [4.78, 5) is 16.4. The van der Waals surface area contributed by atoms with Crippen LogP contribution >= 0.6 is 11.8 Å². The Hall–Kier alpha value is -0.900. The molecule has 1 aromatic rings. The summed E-state index contributed by atoms with van der Waals surface area (Å²) in [6.07, 6.45) is 0. The highest BCUT2D eigenvalue weighted by atomic mass is 32.2. The summed E-state index contributed by atoms with van der Waals surface area (Å²) in [5.74, 6) is -0.241. The third-order valence-electron chi connectivity index (χ3n) is 3.09. The molecule has 1 aliphatic rings. The van der Waals surface area contributed by atoms with Crippen molar-refractivity contribution < 1.29 is 9.53 Å². The second kappa shape index (κ2) is 4.17. The molecular weight excluding hydrogens is 222 g/mol. The van der Waals surface area contributed by atoms with Crippen molar-refractivity contribution >= 4 is 17.7 Å². The summed E-state index contributed by atoms with van der Waals surface area (Å²) < 4.78 is 5.13. The van der Waals surface area contributed by atoms with Gasteiger partial charge in [0, 0.05) is 21.5 Å². The highest BCUT2D eigenvalue weighted by molar-refractivity contribution is 8.00. The van der Waals surface area contributed by atoms with E-state index in [0.29, 0.717) is 6.61 Å². The highest BCUT2D eigenvalue weighted by Gasteiger charge is 2.39. The zero-order valence-electron chi connectivity index (χ0n) is 10.1. The number of aromatic amines is 1. The minimum Gasteiger partial charge on any atom is -0.465 e. The first kappa shape index (κ1) is 11.6. The van der Waals surface area contributed by atoms with Gasteiger partial charge in [0.25, 0.3) is 0 Å². The van der Waals surface area contributed by atoms with Crippen LogP contribution in [-0.4, -0.2) is 22.8 Å². The van der Waals surface area contributed by atoms with Crippen LogP contribution in [0.25, 0.3) is 0 Å². The highest BCUT2D eigenvalue weighted by Crippen LogP contribution is 2.47. The largest absolute Gasteiger partial charge is 0.465 e. The summed E-state index contributed by atoms with van der Waals surface area (Å²) in [5.41, 5.74) is 3.46. The molecule has 3 nitrogen and oxygen atoms in total. The molecule has 0 unspecified atom stereocenters. The third kappa shape index (κ3) is 1.65. The second-order valence-corrected chi connectivity index (χ2v) is 5.56. The quantitative estimate of drug-likeness (QED) is 0.807. The lowest BCUT2D eigenvalue weighted by atomic mass is 10.0. The number of H-pyrrole nitrogens is 1. The van der Waals surface area contributed by atoms with Crippen molar-refractivity contribution in [2.75, 3.05) is 6.61 Å². The summed E-state index contributed by atoms with van der Waals surface area (Å²) in [6.45, 7) is 8.51. The standard InChI is InChI=1S/C12H17NO2S/c1-5-15-12(14)9-8(4)16-11-6(2)7(3)13-10(9)11/h8-9,13H,5H2,1-4H3/t8-,9+/m1/s1. The van der Waals surface area contributed by atoms with Crippen molar-refractivity contribution in [3.63, 3.8) is 0 Å². The number of aryl methyl sites for hydroxylation is 1. The Morgan fingerprint density at radius 2 is 2.19 bits per heavy atom. The molecule has 0 saturated carbocycles. The molecule has 0 bridgehead atoms. The molecule has 0 saturated heterocycles. The Morgan fingerprint density at radius 1 is 1.50 bits per heavy atom. The van der Waals surface area contributed by atoms with Gasteiger partial charge in [-0.1, -0.05) is 6.92 Å². The predicted molar refractivity (Wildman–Crippen MR) is 65.0 cm³/mol. The monoisotopic (exact) mass is 239 g/mol. The molecule has 1 N–H and O–H groups in total. The van der Waals surface area contributed by atoms with Crippen LogP contribution < -0.4 is 0 Å². The first-order chi connectivity index (χ1) is 7.56. The molecule has 0 spiro atoms. The first-order valence-electron chi connectivity index (χ1n) is 5.58. The molecule has 0 fully saturated rings. The van der Waals surface area contributed by atoms with E-state index in [-0.39, 0.29) is 17.1 Å². The number of aromatic nitrogens is 1. The lowest BCUT2D eigenvalue weighted by Crippen LogP contribution is -2.21. The van der Waals surface area contributed by atoms with Crippen LogP contribution in [0.5, 0.6) is 0 Å². The van der Waals surface area contributed by atoms with E-state index in [1.807, 2.05) is 13.8 Å². The Bertz CT molecular complexity index is 425. The fraction of sp³-hybridized carbons (Fsp3) is 0.583. The summed E-state index contributed by atoms with van der Waals surface area (Å²) in [7, 11) is 0. The fourth-order valence-electron chi connectivity index (χ4n) is 2.13. The Kier molecular flexibility index (Phi) is 3.02. The molecule has 0 aliphatic carbocycles. The Labute approximate surface area is 100.0 Å². The van der Waals surface area contributed by atoms with E-state index in [0.717, 1.165) is 11.4 Å². The number of hydrogen-bond acceptors (Lipinski definition) is 3. The SMILES string of the molecule is CCOC(=O)[C@@H]1c2[nH]c(C)c(C)c2S[C@@H]1C. The van der Waals surface area contributed by atoms with Crippen LogP contribution in [0.2, 0.25) is 0 Å². The smallest absolute Gasteiger partial charge is 0.316 e. The van der Waals surface area contributed by atoms with Crippen molar-refractivity contribution in [3.8, 4) is 0 Å². The van der Waals surface area contributed by atoms with Gasteiger partial charge in [-0.15, -0.1) is 11.8 Å². The zero-order chi connectivity index (χ0) is 11.9. The van der Waals surface area contributed by atoms with Crippen LogP contribution in [0, 0.1) is 13.8 Å². The number of thioether (sulfide) groups is 1. The van der Waals surface area contributed by atoms with Crippen LogP contribution in [0.15, 0.2) is 4.90 Å². The number of ether oxygens (including phenoxy) is 1. The predicted octanol–water partition coefficient (Wildman–Crippen LogP) is 2.77. The number of esters is 1. The van der Waals surface area contributed by atoms with Gasteiger partial charge < -0.3 is 9.72 Å². The number of carbonyl (C=O) groups is 1. The van der Waals surface area contributed by atoms with Crippen molar-refractivity contribution in [1.29, 1.82) is 0 Å². The molecule has 2 heterocycles. The van der Waals surface area contributed by atoms with E-state index in [9.17, 15) is 4.79 Å². The lowest BCUT2D eigenvalue weighted by Gasteiger charge is -2.13. The maximum atomic E-state index is 11.9. The minimum atomic E-state index is -0.132. The summed E-state index contributed by atoms with van der Waals surface area (Å²) >= 11 is 1.77. The van der Waals surface area contributed by atoms with Gasteiger partial charge in [0.05, 0.1) is 6.61 Å². The molecule has 2 rings (SSSR count). The zero-order valence-corrected chi connectivity index (χ0v) is 10.9. The topological polar surface area (TPSA) is 42.1 Å². The molecule has 2 atom stereocenters. The minimum absolute atomic E-state index is 0.109. The number of nitrogens with one attached hydrogen (secondary N) is 1. The van der Waals surface area contributed by atoms with Gasteiger partial charge >= 0.3 is 5.97 Å². The average molecular weight is 239 g/mol. The normalized spacial score (nSPS) is 23.2. The van der Waals surface area contributed by atoms with Crippen molar-refractivity contribution in [2.45, 2.75) is 43.8 Å². The van der Waals surface area contributed by atoms with E-state index in [4.69, 9.17) is 4.74 Å². The van der Waals surface area contributed by atoms with Crippen molar-refractivity contribution in [3.05, 3.63) is 17.0 Å². The molecule has 88 valence electrons. The van der Waals surface area contributed by atoms with Crippen LogP contribution in [0.1, 0.15) is 36.7 Å². The van der Waals surface area contributed by atoms with E-state index >= 15 is 0 Å². The van der Waals surface area contributed by atoms with Crippen molar-refractivity contribution in [2.24, 2.45) is 0 Å². The molecular formula is C12H17NO2S. The van der Waals surface area contributed by atoms with Crippen LogP contribution in [0.3, 0.4) is 0 Å². The molecule has 4 heteroatoms. The fourth-order valence-corrected chi connectivity index (χ4v) is 3.52. The molecule has 1 aliphatic heterocycles. The molecule has 16 heavy (non-hydrogen) atoms.